The summed E-state index contributed by atoms with van der Waals surface area (Å²) in [7, 11) is -3.85. The van der Waals surface area contributed by atoms with Gasteiger partial charge in [0.15, 0.2) is 5.13 Å². The molecular formula is C20H18F3N3O3S2. The third-order valence-corrected chi connectivity index (χ3v) is 7.91. The zero-order valence-electron chi connectivity index (χ0n) is 16.1. The predicted octanol–water partition coefficient (Wildman–Crippen LogP) is 4.74. The van der Waals surface area contributed by atoms with Gasteiger partial charge in [-0.25, -0.2) is 13.4 Å². The van der Waals surface area contributed by atoms with Crippen LogP contribution >= 0.6 is 11.3 Å². The molecule has 0 aliphatic carbocycles. The Balaban J connectivity index is 1.62. The maximum absolute atomic E-state index is 13.1. The first-order valence-corrected chi connectivity index (χ1v) is 11.8. The monoisotopic (exact) mass is 469 g/mol. The fourth-order valence-corrected chi connectivity index (χ4v) is 5.99. The highest BCUT2D eigenvalue weighted by atomic mass is 32.2. The molecule has 164 valence electrons. The fourth-order valence-electron chi connectivity index (χ4n) is 3.45. The number of sulfonamides is 1. The lowest BCUT2D eigenvalue weighted by Gasteiger charge is -2.26. The van der Waals surface area contributed by atoms with E-state index in [0.717, 1.165) is 42.7 Å². The summed E-state index contributed by atoms with van der Waals surface area (Å²) in [6.07, 6.45) is -2.01. The SMILES string of the molecule is O=C(Nc1nc2cc(C(F)(F)F)ccc2s1)c1ccccc1S(=O)(=O)N1CCCCC1. The van der Waals surface area contributed by atoms with Crippen LogP contribution in [0.15, 0.2) is 47.4 Å². The molecule has 31 heavy (non-hydrogen) atoms. The van der Waals surface area contributed by atoms with Gasteiger partial charge in [0.1, 0.15) is 0 Å². The van der Waals surface area contributed by atoms with Crippen molar-refractivity contribution in [3.05, 3.63) is 53.6 Å². The van der Waals surface area contributed by atoms with Crippen molar-refractivity contribution in [1.29, 1.82) is 0 Å². The van der Waals surface area contributed by atoms with Crippen LogP contribution in [0.2, 0.25) is 0 Å². The summed E-state index contributed by atoms with van der Waals surface area (Å²) in [5.41, 5.74) is -0.770. The van der Waals surface area contributed by atoms with Crippen molar-refractivity contribution in [2.75, 3.05) is 18.4 Å². The molecule has 0 bridgehead atoms. The number of alkyl halides is 3. The molecule has 4 rings (SSSR count). The molecule has 1 fully saturated rings. The summed E-state index contributed by atoms with van der Waals surface area (Å²) >= 11 is 1.01. The number of benzene rings is 2. The molecule has 0 saturated carbocycles. The number of amides is 1. The molecule has 0 spiro atoms. The molecule has 2 aromatic carbocycles. The van der Waals surface area contributed by atoms with Crippen molar-refractivity contribution in [3.8, 4) is 0 Å². The van der Waals surface area contributed by atoms with Gasteiger partial charge in [0, 0.05) is 13.1 Å². The van der Waals surface area contributed by atoms with Gasteiger partial charge in [0.25, 0.3) is 5.91 Å². The Morgan fingerprint density at radius 3 is 2.48 bits per heavy atom. The first kappa shape index (κ1) is 21.7. The van der Waals surface area contributed by atoms with Crippen LogP contribution in [-0.4, -0.2) is 36.7 Å². The zero-order valence-corrected chi connectivity index (χ0v) is 17.8. The Bertz CT molecular complexity index is 1230. The number of anilines is 1. The van der Waals surface area contributed by atoms with Crippen molar-refractivity contribution in [1.82, 2.24) is 9.29 Å². The molecule has 6 nitrogen and oxygen atoms in total. The van der Waals surface area contributed by atoms with E-state index in [4.69, 9.17) is 0 Å². The Labute approximate surface area is 180 Å². The molecule has 0 atom stereocenters. The van der Waals surface area contributed by atoms with Crippen LogP contribution in [0.3, 0.4) is 0 Å². The predicted molar refractivity (Wildman–Crippen MR) is 112 cm³/mol. The minimum atomic E-state index is -4.50. The van der Waals surface area contributed by atoms with E-state index in [0.29, 0.717) is 17.8 Å². The Morgan fingerprint density at radius 1 is 1.06 bits per heavy atom. The second-order valence-corrected chi connectivity index (χ2v) is 10.1. The smallest absolute Gasteiger partial charge is 0.298 e. The number of aromatic nitrogens is 1. The number of thiazole rings is 1. The van der Waals surface area contributed by atoms with Crippen molar-refractivity contribution < 1.29 is 26.4 Å². The molecule has 0 radical (unpaired) electrons. The van der Waals surface area contributed by atoms with E-state index in [2.05, 4.69) is 10.3 Å². The first-order valence-electron chi connectivity index (χ1n) is 9.54. The molecule has 1 aliphatic rings. The Kier molecular flexibility index (Phi) is 5.75. The summed E-state index contributed by atoms with van der Waals surface area (Å²) < 4.78 is 66.7. The fraction of sp³-hybridized carbons (Fsp3) is 0.300. The topological polar surface area (TPSA) is 79.4 Å². The quantitative estimate of drug-likeness (QED) is 0.599. The molecule has 1 N–H and O–H groups in total. The van der Waals surface area contributed by atoms with E-state index >= 15 is 0 Å². The van der Waals surface area contributed by atoms with Crippen LogP contribution < -0.4 is 5.32 Å². The van der Waals surface area contributed by atoms with Crippen LogP contribution in [0.1, 0.15) is 35.2 Å². The number of fused-ring (bicyclic) bond motifs is 1. The third-order valence-electron chi connectivity index (χ3n) is 5.00. The van der Waals surface area contributed by atoms with Gasteiger partial charge >= 0.3 is 6.18 Å². The molecule has 1 amide bonds. The molecule has 1 saturated heterocycles. The highest BCUT2D eigenvalue weighted by molar-refractivity contribution is 7.89. The van der Waals surface area contributed by atoms with E-state index in [9.17, 15) is 26.4 Å². The van der Waals surface area contributed by atoms with E-state index in [1.165, 1.54) is 22.5 Å². The maximum atomic E-state index is 13.1. The number of rotatable bonds is 4. The molecule has 2 heterocycles. The molecule has 0 unspecified atom stereocenters. The number of nitrogens with zero attached hydrogens (tertiary/aromatic N) is 2. The minimum Gasteiger partial charge on any atom is -0.298 e. The van der Waals surface area contributed by atoms with Gasteiger partial charge in [-0.1, -0.05) is 29.9 Å². The van der Waals surface area contributed by atoms with Crippen molar-refractivity contribution >= 4 is 42.6 Å². The molecule has 3 aromatic rings. The highest BCUT2D eigenvalue weighted by Crippen LogP contribution is 2.34. The Hall–Kier alpha value is -2.50. The molecule has 11 heteroatoms. The van der Waals surface area contributed by atoms with Crippen LogP contribution in [-0.2, 0) is 16.2 Å². The number of halogens is 3. The van der Waals surface area contributed by atoms with Crippen LogP contribution in [0.25, 0.3) is 10.2 Å². The normalized spacial score (nSPS) is 15.8. The van der Waals surface area contributed by atoms with Crippen molar-refractivity contribution in [2.24, 2.45) is 0 Å². The van der Waals surface area contributed by atoms with Gasteiger partial charge in [0.05, 0.1) is 26.2 Å². The minimum absolute atomic E-state index is 0.0386. The van der Waals surface area contributed by atoms with Gasteiger partial charge in [-0.15, -0.1) is 0 Å². The number of hydrogen-bond donors (Lipinski definition) is 1. The number of hydrogen-bond acceptors (Lipinski definition) is 5. The second-order valence-electron chi connectivity index (χ2n) is 7.11. The average molecular weight is 470 g/mol. The van der Waals surface area contributed by atoms with E-state index in [1.807, 2.05) is 0 Å². The van der Waals surface area contributed by atoms with Crippen molar-refractivity contribution in [2.45, 2.75) is 30.3 Å². The number of nitrogens with one attached hydrogen (secondary N) is 1. The summed E-state index contributed by atoms with van der Waals surface area (Å²) in [5.74, 6) is -0.689. The van der Waals surface area contributed by atoms with Crippen molar-refractivity contribution in [3.63, 3.8) is 0 Å². The van der Waals surface area contributed by atoms with E-state index < -0.39 is 27.7 Å². The van der Waals surface area contributed by atoms with Crippen LogP contribution in [0.4, 0.5) is 18.3 Å². The third kappa shape index (κ3) is 4.43. The van der Waals surface area contributed by atoms with Gasteiger partial charge in [-0.05, 0) is 43.2 Å². The lowest BCUT2D eigenvalue weighted by molar-refractivity contribution is -0.137. The summed E-state index contributed by atoms with van der Waals surface area (Å²) in [4.78, 5) is 16.8. The zero-order chi connectivity index (χ0) is 22.2. The van der Waals surface area contributed by atoms with Gasteiger partial charge < -0.3 is 0 Å². The molecule has 1 aliphatic heterocycles. The summed E-state index contributed by atoms with van der Waals surface area (Å²) in [5, 5.41) is 2.61. The number of carbonyl (C=O) groups is 1. The van der Waals surface area contributed by atoms with Gasteiger partial charge in [0.2, 0.25) is 10.0 Å². The lowest BCUT2D eigenvalue weighted by Crippen LogP contribution is -2.36. The first-order chi connectivity index (χ1) is 14.7. The van der Waals surface area contributed by atoms with E-state index in [1.54, 1.807) is 12.1 Å². The van der Waals surface area contributed by atoms with Gasteiger partial charge in [-0.2, -0.15) is 17.5 Å². The summed E-state index contributed by atoms with van der Waals surface area (Å²) in [6.45, 7) is 0.801. The Morgan fingerprint density at radius 2 is 1.77 bits per heavy atom. The average Bonchev–Trinajstić information content (AvgIpc) is 3.15. The van der Waals surface area contributed by atoms with Crippen LogP contribution in [0.5, 0.6) is 0 Å². The second kappa shape index (κ2) is 8.21. The van der Waals surface area contributed by atoms with Crippen LogP contribution in [0, 0.1) is 0 Å². The number of piperidine rings is 1. The largest absolute Gasteiger partial charge is 0.416 e. The molecular weight excluding hydrogens is 451 g/mol. The van der Waals surface area contributed by atoms with Gasteiger partial charge in [-0.3, -0.25) is 10.1 Å². The maximum Gasteiger partial charge on any atom is 0.416 e. The lowest BCUT2D eigenvalue weighted by atomic mass is 10.2. The number of carbonyl (C=O) groups excluding carboxylic acids is 1. The molecule has 1 aromatic heterocycles. The summed E-state index contributed by atoms with van der Waals surface area (Å²) in [6, 6.07) is 9.04. The standard InChI is InChI=1S/C20H18F3N3O3S2/c21-20(22,23)13-8-9-16-15(12-13)24-19(30-16)25-18(27)14-6-2-3-7-17(14)31(28,29)26-10-4-1-5-11-26/h2-3,6-9,12H,1,4-5,10-11H2,(H,24,25,27). The highest BCUT2D eigenvalue weighted by Gasteiger charge is 2.32. The van der Waals surface area contributed by atoms with E-state index in [-0.39, 0.29) is 21.1 Å².